The fraction of sp³-hybridized carbons (Fsp3) is 0.667. The van der Waals surface area contributed by atoms with Crippen LogP contribution in [0, 0.1) is 19.8 Å². The Labute approximate surface area is 157 Å². The number of methoxy groups -OCH3 is 1. The van der Waals surface area contributed by atoms with Gasteiger partial charge in [0, 0.05) is 19.1 Å². The van der Waals surface area contributed by atoms with Crippen molar-refractivity contribution in [2.45, 2.75) is 50.5 Å². The average Bonchev–Trinajstić information content (AvgIpc) is 3.09. The van der Waals surface area contributed by atoms with Gasteiger partial charge in [-0.15, -0.1) is 12.4 Å². The number of halogens is 1. The lowest BCUT2D eigenvalue weighted by molar-refractivity contribution is 0.233. The number of sulfonamides is 1. The van der Waals surface area contributed by atoms with Crippen molar-refractivity contribution in [3.05, 3.63) is 23.3 Å². The molecule has 0 amide bonds. The molecule has 142 valence electrons. The minimum Gasteiger partial charge on any atom is -0.495 e. The second-order valence-corrected chi connectivity index (χ2v) is 8.96. The van der Waals surface area contributed by atoms with Crippen LogP contribution in [0.4, 0.5) is 0 Å². The SMILES string of the molecule is COc1c(C)cc(C)cc1S(=O)(=O)N1CCC(C2CCCN2)CC1.Cl. The van der Waals surface area contributed by atoms with Gasteiger partial charge in [0.2, 0.25) is 10.0 Å². The average molecular weight is 389 g/mol. The molecule has 1 N–H and O–H groups in total. The summed E-state index contributed by atoms with van der Waals surface area (Å²) in [5.74, 6) is 1.07. The van der Waals surface area contributed by atoms with Gasteiger partial charge in [-0.1, -0.05) is 6.07 Å². The molecular weight excluding hydrogens is 360 g/mol. The molecule has 0 aliphatic carbocycles. The predicted octanol–water partition coefficient (Wildman–Crippen LogP) is 2.89. The molecule has 1 aromatic carbocycles. The van der Waals surface area contributed by atoms with Gasteiger partial charge in [0.1, 0.15) is 10.6 Å². The zero-order chi connectivity index (χ0) is 17.3. The first kappa shape index (κ1) is 20.5. The van der Waals surface area contributed by atoms with E-state index in [9.17, 15) is 8.42 Å². The third-order valence-electron chi connectivity index (χ3n) is 5.37. The van der Waals surface area contributed by atoms with Crippen molar-refractivity contribution in [2.24, 2.45) is 5.92 Å². The standard InChI is InChI=1S/C18H28N2O3S.ClH/c1-13-11-14(2)18(23-3)17(12-13)24(21,22)20-9-6-15(7-10-20)16-5-4-8-19-16;/h11-12,15-16,19H,4-10H2,1-3H3;1H. The van der Waals surface area contributed by atoms with Gasteiger partial charge in [0.25, 0.3) is 0 Å². The largest absolute Gasteiger partial charge is 0.495 e. The quantitative estimate of drug-likeness (QED) is 0.861. The van der Waals surface area contributed by atoms with Crippen molar-refractivity contribution in [3.63, 3.8) is 0 Å². The van der Waals surface area contributed by atoms with Gasteiger partial charge in [0.15, 0.2) is 0 Å². The van der Waals surface area contributed by atoms with E-state index < -0.39 is 10.0 Å². The van der Waals surface area contributed by atoms with Gasteiger partial charge >= 0.3 is 0 Å². The molecule has 0 saturated carbocycles. The van der Waals surface area contributed by atoms with Crippen LogP contribution in [0.1, 0.15) is 36.8 Å². The molecule has 2 aliphatic heterocycles. The number of hydrogen-bond acceptors (Lipinski definition) is 4. The summed E-state index contributed by atoms with van der Waals surface area (Å²) in [6, 6.07) is 4.26. The van der Waals surface area contributed by atoms with Gasteiger partial charge in [-0.05, 0) is 69.2 Å². The van der Waals surface area contributed by atoms with Crippen molar-refractivity contribution in [1.82, 2.24) is 9.62 Å². The second kappa shape index (κ2) is 8.25. The third-order valence-corrected chi connectivity index (χ3v) is 7.28. The fourth-order valence-corrected chi connectivity index (χ4v) is 5.92. The normalized spacial score (nSPS) is 22.6. The Balaban J connectivity index is 0.00000225. The number of benzene rings is 1. The number of hydrogen-bond donors (Lipinski definition) is 1. The lowest BCUT2D eigenvalue weighted by atomic mass is 9.89. The van der Waals surface area contributed by atoms with Crippen LogP contribution in [0.15, 0.2) is 17.0 Å². The van der Waals surface area contributed by atoms with E-state index >= 15 is 0 Å². The van der Waals surface area contributed by atoms with Gasteiger partial charge < -0.3 is 10.1 Å². The Kier molecular flexibility index (Phi) is 6.76. The van der Waals surface area contributed by atoms with E-state index in [1.165, 1.54) is 20.0 Å². The minimum atomic E-state index is -3.51. The number of nitrogens with one attached hydrogen (secondary N) is 1. The number of aryl methyl sites for hydroxylation is 2. The van der Waals surface area contributed by atoms with Gasteiger partial charge in [-0.3, -0.25) is 0 Å². The van der Waals surface area contributed by atoms with Crippen molar-refractivity contribution >= 4 is 22.4 Å². The minimum absolute atomic E-state index is 0. The molecule has 2 saturated heterocycles. The molecule has 2 fully saturated rings. The van der Waals surface area contributed by atoms with Crippen molar-refractivity contribution in [2.75, 3.05) is 26.7 Å². The summed E-state index contributed by atoms with van der Waals surface area (Å²) in [6.07, 6.45) is 4.33. The van der Waals surface area contributed by atoms with E-state index in [-0.39, 0.29) is 12.4 Å². The molecule has 1 unspecified atom stereocenters. The second-order valence-electron chi connectivity index (χ2n) is 7.06. The van der Waals surface area contributed by atoms with E-state index in [2.05, 4.69) is 5.32 Å². The molecule has 2 aliphatic rings. The summed E-state index contributed by atoms with van der Waals surface area (Å²) in [5.41, 5.74) is 1.80. The summed E-state index contributed by atoms with van der Waals surface area (Å²) in [5, 5.41) is 3.56. The number of rotatable bonds is 4. The first-order valence-electron chi connectivity index (χ1n) is 8.82. The lowest BCUT2D eigenvalue weighted by Gasteiger charge is -2.34. The molecular formula is C18H29ClN2O3S. The first-order chi connectivity index (χ1) is 11.4. The summed E-state index contributed by atoms with van der Waals surface area (Å²) in [6.45, 7) is 6.11. The van der Waals surface area contributed by atoms with E-state index in [1.54, 1.807) is 10.4 Å². The highest BCUT2D eigenvalue weighted by molar-refractivity contribution is 7.89. The van der Waals surface area contributed by atoms with Crippen LogP contribution >= 0.6 is 12.4 Å². The van der Waals surface area contributed by atoms with Crippen LogP contribution in [0.5, 0.6) is 5.75 Å². The molecule has 3 rings (SSSR count). The maximum Gasteiger partial charge on any atom is 0.246 e. The van der Waals surface area contributed by atoms with Crippen LogP contribution in [-0.2, 0) is 10.0 Å². The van der Waals surface area contributed by atoms with Crippen LogP contribution in [-0.4, -0.2) is 45.5 Å². The number of nitrogens with zero attached hydrogens (tertiary/aromatic N) is 1. The van der Waals surface area contributed by atoms with E-state index in [1.807, 2.05) is 19.9 Å². The van der Waals surface area contributed by atoms with Crippen molar-refractivity contribution < 1.29 is 13.2 Å². The lowest BCUT2D eigenvalue weighted by Crippen LogP contribution is -2.43. The molecule has 25 heavy (non-hydrogen) atoms. The van der Waals surface area contributed by atoms with E-state index in [0.717, 1.165) is 30.5 Å². The van der Waals surface area contributed by atoms with Crippen LogP contribution in [0.3, 0.4) is 0 Å². The highest BCUT2D eigenvalue weighted by Crippen LogP contribution is 2.34. The highest BCUT2D eigenvalue weighted by atomic mass is 35.5. The topological polar surface area (TPSA) is 58.6 Å². The smallest absolute Gasteiger partial charge is 0.246 e. The summed E-state index contributed by atoms with van der Waals surface area (Å²) in [4.78, 5) is 0.306. The van der Waals surface area contributed by atoms with Crippen LogP contribution in [0.25, 0.3) is 0 Å². The molecule has 5 nitrogen and oxygen atoms in total. The van der Waals surface area contributed by atoms with Crippen LogP contribution < -0.4 is 10.1 Å². The predicted molar refractivity (Wildman–Crippen MR) is 102 cm³/mol. The molecule has 0 spiro atoms. The number of piperidine rings is 1. The monoisotopic (exact) mass is 388 g/mol. The van der Waals surface area contributed by atoms with E-state index in [4.69, 9.17) is 4.74 Å². The Hall–Kier alpha value is -0.820. The summed E-state index contributed by atoms with van der Waals surface area (Å²) in [7, 11) is -1.97. The number of ether oxygens (including phenoxy) is 1. The summed E-state index contributed by atoms with van der Waals surface area (Å²) >= 11 is 0. The maximum absolute atomic E-state index is 13.1. The molecule has 7 heteroatoms. The molecule has 1 aromatic rings. The zero-order valence-electron chi connectivity index (χ0n) is 15.2. The molecule has 1 atom stereocenters. The zero-order valence-corrected chi connectivity index (χ0v) is 16.9. The fourth-order valence-electron chi connectivity index (χ4n) is 4.14. The van der Waals surface area contributed by atoms with Crippen molar-refractivity contribution in [1.29, 1.82) is 0 Å². The Morgan fingerprint density at radius 1 is 1.16 bits per heavy atom. The first-order valence-corrected chi connectivity index (χ1v) is 10.3. The molecule has 0 bridgehead atoms. The highest BCUT2D eigenvalue weighted by Gasteiger charge is 2.35. The third kappa shape index (κ3) is 4.13. The van der Waals surface area contributed by atoms with Gasteiger partial charge in [0.05, 0.1) is 7.11 Å². The Morgan fingerprint density at radius 2 is 1.84 bits per heavy atom. The van der Waals surface area contributed by atoms with Gasteiger partial charge in [-0.25, -0.2) is 8.42 Å². The van der Waals surface area contributed by atoms with E-state index in [0.29, 0.717) is 35.7 Å². The van der Waals surface area contributed by atoms with Gasteiger partial charge in [-0.2, -0.15) is 4.31 Å². The molecule has 0 radical (unpaired) electrons. The summed E-state index contributed by atoms with van der Waals surface area (Å²) < 4.78 is 33.3. The van der Waals surface area contributed by atoms with Crippen molar-refractivity contribution in [3.8, 4) is 5.75 Å². The van der Waals surface area contributed by atoms with Crippen LogP contribution in [0.2, 0.25) is 0 Å². The molecule has 0 aromatic heterocycles. The Bertz CT molecular complexity index is 695. The molecule has 2 heterocycles. The maximum atomic E-state index is 13.1. The Morgan fingerprint density at radius 3 is 2.40 bits per heavy atom.